The van der Waals surface area contributed by atoms with Crippen LogP contribution in [0.2, 0.25) is 0 Å². The van der Waals surface area contributed by atoms with Crippen molar-refractivity contribution in [2.45, 2.75) is 38.7 Å². The number of ether oxygens (including phenoxy) is 5. The summed E-state index contributed by atoms with van der Waals surface area (Å²) in [4.78, 5) is 68.3. The van der Waals surface area contributed by atoms with Gasteiger partial charge >= 0.3 is 35.8 Å². The van der Waals surface area contributed by atoms with Gasteiger partial charge in [-0.15, -0.1) is 0 Å². The molecule has 0 bridgehead atoms. The summed E-state index contributed by atoms with van der Waals surface area (Å²) in [6, 6.07) is 33.6. The van der Waals surface area contributed by atoms with Gasteiger partial charge in [0.25, 0.3) is 0 Å². The van der Waals surface area contributed by atoms with E-state index in [2.05, 4.69) is 4.74 Å². The highest BCUT2D eigenvalue weighted by Gasteiger charge is 2.16. The van der Waals surface area contributed by atoms with E-state index in [0.717, 1.165) is 0 Å². The highest BCUT2D eigenvalue weighted by molar-refractivity contribution is 6.03. The molecule has 2 N–H and O–H groups in total. The van der Waals surface area contributed by atoms with Crippen LogP contribution in [0.1, 0.15) is 74.0 Å². The maximum Gasteiger partial charge on any atom is 0.346 e. The molecule has 4 aromatic rings. The van der Waals surface area contributed by atoms with Crippen LogP contribution in [0.4, 0.5) is 0 Å². The standard InChI is InChI=1S/2C14H10O3.C9H14O4.C4H10O3/c2*15-13(11-7-3-1-4-8-11)17-14(16)12-9-5-2-6-10-12;1-7-6-12-8(10)4-2-3-5-9(11)13-7;5-1-3-7-4-2-6/h2*1-10H;7H,2-6H2,1H3;5-6H,1-4H2. The van der Waals surface area contributed by atoms with E-state index in [0.29, 0.717) is 61.2 Å². The SMILES string of the molecule is CC1COC(=O)CCCCC(=O)O1.O=C(OC(=O)c1ccccc1)c1ccccc1.O=C(OC(=O)c1ccccc1)c1ccccc1.OCCOCCO. The molecular weight excluding hydrogens is 700 g/mol. The third-order valence-corrected chi connectivity index (χ3v) is 6.70. The Bertz CT molecular complexity index is 1490. The quantitative estimate of drug-likeness (QED) is 0.101. The topological polar surface area (TPSA) is 189 Å². The Kier molecular flexibility index (Phi) is 21.8. The van der Waals surface area contributed by atoms with E-state index < -0.39 is 23.9 Å². The molecule has 54 heavy (non-hydrogen) atoms. The average molecular weight is 745 g/mol. The fourth-order valence-electron chi connectivity index (χ4n) is 4.07. The Balaban J connectivity index is 0.000000260. The number of aliphatic hydroxyl groups excluding tert-OH is 2. The van der Waals surface area contributed by atoms with Gasteiger partial charge < -0.3 is 33.9 Å². The van der Waals surface area contributed by atoms with Crippen molar-refractivity contribution in [2.24, 2.45) is 0 Å². The average Bonchev–Trinajstić information content (AvgIpc) is 3.21. The molecule has 1 saturated heterocycles. The number of benzene rings is 4. The molecule has 0 aromatic heterocycles. The second-order valence-corrected chi connectivity index (χ2v) is 11.1. The molecule has 4 aromatic carbocycles. The fourth-order valence-corrected chi connectivity index (χ4v) is 4.07. The van der Waals surface area contributed by atoms with E-state index in [1.54, 1.807) is 128 Å². The van der Waals surface area contributed by atoms with Crippen molar-refractivity contribution in [1.82, 2.24) is 0 Å². The van der Waals surface area contributed by atoms with Gasteiger partial charge in [0.15, 0.2) is 0 Å². The number of aliphatic hydroxyl groups is 2. The molecule has 0 amide bonds. The van der Waals surface area contributed by atoms with Gasteiger partial charge in [0.2, 0.25) is 0 Å². The number of rotatable bonds is 8. The third kappa shape index (κ3) is 19.0. The highest BCUT2D eigenvalue weighted by atomic mass is 16.6. The molecule has 0 aliphatic carbocycles. The van der Waals surface area contributed by atoms with Gasteiger partial charge in [-0.1, -0.05) is 72.8 Å². The van der Waals surface area contributed by atoms with Gasteiger partial charge in [-0.3, -0.25) is 9.59 Å². The number of carbonyl (C=O) groups excluding carboxylic acids is 6. The first-order chi connectivity index (χ1) is 26.1. The summed E-state index contributed by atoms with van der Waals surface area (Å²) in [5, 5.41) is 16.2. The minimum atomic E-state index is -0.639. The van der Waals surface area contributed by atoms with Gasteiger partial charge in [-0.25, -0.2) is 19.2 Å². The zero-order chi connectivity index (χ0) is 39.4. The van der Waals surface area contributed by atoms with E-state index in [1.807, 2.05) is 0 Å². The van der Waals surface area contributed by atoms with Crippen LogP contribution in [0.3, 0.4) is 0 Å². The molecule has 13 nitrogen and oxygen atoms in total. The molecule has 1 aliphatic heterocycles. The van der Waals surface area contributed by atoms with Crippen LogP contribution >= 0.6 is 0 Å². The van der Waals surface area contributed by atoms with Crippen molar-refractivity contribution in [2.75, 3.05) is 33.0 Å². The van der Waals surface area contributed by atoms with Gasteiger partial charge in [0, 0.05) is 12.8 Å². The van der Waals surface area contributed by atoms with Crippen LogP contribution in [0.25, 0.3) is 0 Å². The summed E-state index contributed by atoms with van der Waals surface area (Å²) in [7, 11) is 0. The second kappa shape index (κ2) is 26.7. The molecule has 1 atom stereocenters. The minimum Gasteiger partial charge on any atom is -0.462 e. The van der Waals surface area contributed by atoms with Gasteiger partial charge in [0.1, 0.15) is 12.7 Å². The molecule has 0 saturated carbocycles. The lowest BCUT2D eigenvalue weighted by atomic mass is 10.2. The third-order valence-electron chi connectivity index (χ3n) is 6.70. The Hall–Kier alpha value is -6.02. The highest BCUT2D eigenvalue weighted by Crippen LogP contribution is 2.09. The summed E-state index contributed by atoms with van der Waals surface area (Å²) < 4.78 is 23.9. The largest absolute Gasteiger partial charge is 0.462 e. The van der Waals surface area contributed by atoms with E-state index in [1.165, 1.54) is 0 Å². The first kappa shape index (κ1) is 44.1. The maximum absolute atomic E-state index is 11.6. The molecule has 13 heteroatoms. The van der Waals surface area contributed by atoms with Gasteiger partial charge in [0.05, 0.1) is 48.7 Å². The van der Waals surface area contributed by atoms with Crippen LogP contribution < -0.4 is 0 Å². The van der Waals surface area contributed by atoms with Crippen molar-refractivity contribution < 1.29 is 62.7 Å². The Morgan fingerprint density at radius 2 is 0.870 bits per heavy atom. The summed E-state index contributed by atoms with van der Waals surface area (Å²) >= 11 is 0. The second-order valence-electron chi connectivity index (χ2n) is 11.1. The van der Waals surface area contributed by atoms with Gasteiger partial charge in [-0.05, 0) is 68.3 Å². The summed E-state index contributed by atoms with van der Waals surface area (Å²) in [5.74, 6) is -2.96. The monoisotopic (exact) mass is 744 g/mol. The van der Waals surface area contributed by atoms with Crippen molar-refractivity contribution in [3.05, 3.63) is 144 Å². The Labute approximate surface area is 313 Å². The molecular formula is C41H44O13. The smallest absolute Gasteiger partial charge is 0.346 e. The maximum atomic E-state index is 11.6. The van der Waals surface area contributed by atoms with Crippen molar-refractivity contribution in [3.63, 3.8) is 0 Å². The predicted molar refractivity (Wildman–Crippen MR) is 195 cm³/mol. The van der Waals surface area contributed by atoms with Crippen LogP contribution in [-0.2, 0) is 33.3 Å². The van der Waals surface area contributed by atoms with Gasteiger partial charge in [-0.2, -0.15) is 0 Å². The Morgan fingerprint density at radius 3 is 1.19 bits per heavy atom. The van der Waals surface area contributed by atoms with Crippen molar-refractivity contribution >= 4 is 35.8 Å². The van der Waals surface area contributed by atoms with E-state index in [4.69, 9.17) is 29.2 Å². The minimum absolute atomic E-state index is 0.0278. The van der Waals surface area contributed by atoms with E-state index in [-0.39, 0.29) is 37.9 Å². The fraction of sp³-hybridized carbons (Fsp3) is 0.268. The number of carbonyl (C=O) groups is 6. The van der Waals surface area contributed by atoms with E-state index >= 15 is 0 Å². The van der Waals surface area contributed by atoms with Crippen molar-refractivity contribution in [1.29, 1.82) is 0 Å². The molecule has 1 unspecified atom stereocenters. The molecule has 5 rings (SSSR count). The molecule has 286 valence electrons. The lowest BCUT2D eigenvalue weighted by Gasteiger charge is -2.15. The van der Waals surface area contributed by atoms with Crippen LogP contribution in [0.15, 0.2) is 121 Å². The lowest BCUT2D eigenvalue weighted by Crippen LogP contribution is -2.23. The van der Waals surface area contributed by atoms with Crippen LogP contribution in [0.5, 0.6) is 0 Å². The molecule has 1 aliphatic rings. The zero-order valence-corrected chi connectivity index (χ0v) is 29.9. The zero-order valence-electron chi connectivity index (χ0n) is 29.9. The Morgan fingerprint density at radius 1 is 0.556 bits per heavy atom. The predicted octanol–water partition coefficient (Wildman–Crippen LogP) is 5.39. The first-order valence-electron chi connectivity index (χ1n) is 17.0. The molecule has 0 spiro atoms. The van der Waals surface area contributed by atoms with Crippen molar-refractivity contribution in [3.8, 4) is 0 Å². The number of hydrogen-bond donors (Lipinski definition) is 2. The molecule has 1 fully saturated rings. The van der Waals surface area contributed by atoms with Crippen LogP contribution in [-0.4, -0.2) is 85.2 Å². The number of esters is 6. The molecule has 1 heterocycles. The summed E-state index contributed by atoms with van der Waals surface area (Å²) in [6.45, 7) is 2.58. The van der Waals surface area contributed by atoms with Crippen LogP contribution in [0, 0.1) is 0 Å². The normalized spacial score (nSPS) is 13.6. The summed E-state index contributed by atoms with van der Waals surface area (Å²) in [5.41, 5.74) is 1.43. The first-order valence-corrected chi connectivity index (χ1v) is 17.0. The lowest BCUT2D eigenvalue weighted by molar-refractivity contribution is -0.159. The number of hydrogen-bond acceptors (Lipinski definition) is 13. The molecule has 0 radical (unpaired) electrons. The number of cyclic esters (lactones) is 2. The summed E-state index contributed by atoms with van der Waals surface area (Å²) in [6.07, 6.45) is 1.87. The van der Waals surface area contributed by atoms with E-state index in [9.17, 15) is 28.8 Å².